The van der Waals surface area contributed by atoms with Crippen molar-refractivity contribution in [1.29, 1.82) is 0 Å². The molecular formula is C16H21N3O4S. The third-order valence-corrected chi connectivity index (χ3v) is 6.41. The van der Waals surface area contributed by atoms with Gasteiger partial charge in [0.25, 0.3) is 5.88 Å². The molecule has 24 heavy (non-hydrogen) atoms. The Labute approximate surface area is 141 Å². The predicted molar refractivity (Wildman–Crippen MR) is 87.7 cm³/mol. The van der Waals surface area contributed by atoms with Gasteiger partial charge in [0.2, 0.25) is 10.0 Å². The van der Waals surface area contributed by atoms with E-state index in [-0.39, 0.29) is 11.0 Å². The van der Waals surface area contributed by atoms with Gasteiger partial charge < -0.3 is 14.8 Å². The van der Waals surface area contributed by atoms with Crippen molar-refractivity contribution >= 4 is 10.0 Å². The van der Waals surface area contributed by atoms with Crippen LogP contribution in [0.15, 0.2) is 28.3 Å². The predicted octanol–water partition coefficient (Wildman–Crippen LogP) is 0.926. The van der Waals surface area contributed by atoms with Crippen molar-refractivity contribution in [3.05, 3.63) is 23.4 Å². The van der Waals surface area contributed by atoms with Gasteiger partial charge in [0, 0.05) is 32.2 Å². The lowest BCUT2D eigenvalue weighted by molar-refractivity contribution is 0.0780. The monoisotopic (exact) mass is 351 g/mol. The van der Waals surface area contributed by atoms with E-state index in [1.165, 1.54) is 27.7 Å². The highest BCUT2D eigenvalue weighted by Crippen LogP contribution is 2.34. The van der Waals surface area contributed by atoms with Crippen LogP contribution in [-0.2, 0) is 10.0 Å². The van der Waals surface area contributed by atoms with Crippen molar-refractivity contribution in [3.63, 3.8) is 0 Å². The maximum Gasteiger partial charge on any atom is 0.257 e. The number of aromatic nitrogens is 1. The molecule has 0 aromatic carbocycles. The number of sulfonamides is 1. The summed E-state index contributed by atoms with van der Waals surface area (Å²) in [4.78, 5) is 4.34. The molecule has 3 aliphatic rings. The summed E-state index contributed by atoms with van der Waals surface area (Å²) in [6, 6.07) is 1.53. The highest BCUT2D eigenvalue weighted by Gasteiger charge is 2.35. The molecule has 1 unspecified atom stereocenters. The summed E-state index contributed by atoms with van der Waals surface area (Å²) in [5.41, 5.74) is 2.37. The second-order valence-corrected chi connectivity index (χ2v) is 8.34. The molecule has 0 saturated carbocycles. The molecule has 4 rings (SSSR count). The Morgan fingerprint density at radius 1 is 1.33 bits per heavy atom. The Morgan fingerprint density at radius 2 is 2.08 bits per heavy atom. The Bertz CT molecular complexity index is 775. The van der Waals surface area contributed by atoms with Crippen LogP contribution < -0.4 is 14.8 Å². The van der Waals surface area contributed by atoms with Crippen LogP contribution in [0.4, 0.5) is 0 Å². The van der Waals surface area contributed by atoms with Crippen molar-refractivity contribution in [2.75, 3.05) is 32.8 Å². The third kappa shape index (κ3) is 2.68. The molecule has 0 bridgehead atoms. The molecule has 1 aromatic heterocycles. The summed E-state index contributed by atoms with van der Waals surface area (Å²) < 4.78 is 38.7. The van der Waals surface area contributed by atoms with E-state index >= 15 is 0 Å². The molecule has 8 heteroatoms. The van der Waals surface area contributed by atoms with Gasteiger partial charge in [-0.05, 0) is 17.6 Å². The summed E-state index contributed by atoms with van der Waals surface area (Å²) in [7, 11) is -3.57. The molecular weight excluding hydrogens is 330 g/mol. The molecule has 0 amide bonds. The van der Waals surface area contributed by atoms with Crippen LogP contribution in [0, 0.1) is 0 Å². The van der Waals surface area contributed by atoms with Crippen LogP contribution in [0.5, 0.6) is 11.6 Å². The van der Waals surface area contributed by atoms with Gasteiger partial charge >= 0.3 is 0 Å². The van der Waals surface area contributed by atoms with Gasteiger partial charge in [-0.2, -0.15) is 4.31 Å². The van der Waals surface area contributed by atoms with Crippen LogP contribution >= 0.6 is 0 Å². The Kier molecular flexibility index (Phi) is 3.98. The highest BCUT2D eigenvalue weighted by atomic mass is 32.2. The number of nitrogens with zero attached hydrogens (tertiary/aromatic N) is 2. The molecule has 0 fully saturated rings. The van der Waals surface area contributed by atoms with Gasteiger partial charge in [0.1, 0.15) is 17.6 Å². The van der Waals surface area contributed by atoms with E-state index in [4.69, 9.17) is 9.47 Å². The van der Waals surface area contributed by atoms with E-state index in [1.807, 2.05) is 0 Å². The number of pyridine rings is 1. The van der Waals surface area contributed by atoms with Crippen LogP contribution in [-0.4, -0.2) is 56.6 Å². The van der Waals surface area contributed by atoms with E-state index in [0.29, 0.717) is 31.3 Å². The SMILES string of the molecule is CCCC1COc2cc(S(=O)(=O)N3CC4=C(CNC4)C3)cnc2O1. The van der Waals surface area contributed by atoms with Crippen molar-refractivity contribution < 1.29 is 17.9 Å². The lowest BCUT2D eigenvalue weighted by Gasteiger charge is -2.26. The van der Waals surface area contributed by atoms with E-state index < -0.39 is 10.0 Å². The minimum atomic E-state index is -3.57. The highest BCUT2D eigenvalue weighted by molar-refractivity contribution is 7.89. The second kappa shape index (κ2) is 6.02. The zero-order valence-electron chi connectivity index (χ0n) is 13.6. The number of hydrogen-bond acceptors (Lipinski definition) is 6. The van der Waals surface area contributed by atoms with Crippen LogP contribution in [0.1, 0.15) is 19.8 Å². The molecule has 7 nitrogen and oxygen atoms in total. The quantitative estimate of drug-likeness (QED) is 0.813. The maximum atomic E-state index is 12.9. The molecule has 0 radical (unpaired) electrons. The fraction of sp³-hybridized carbons (Fsp3) is 0.562. The van der Waals surface area contributed by atoms with Crippen molar-refractivity contribution in [2.45, 2.75) is 30.8 Å². The van der Waals surface area contributed by atoms with Gasteiger partial charge in [-0.1, -0.05) is 13.3 Å². The minimum absolute atomic E-state index is 0.0179. The van der Waals surface area contributed by atoms with Gasteiger partial charge in [0.15, 0.2) is 5.75 Å². The molecule has 130 valence electrons. The summed E-state index contributed by atoms with van der Waals surface area (Å²) in [6.45, 7) is 4.98. The van der Waals surface area contributed by atoms with Crippen LogP contribution in [0.25, 0.3) is 0 Å². The number of hydrogen-bond donors (Lipinski definition) is 1. The molecule has 1 N–H and O–H groups in total. The maximum absolute atomic E-state index is 12.9. The van der Waals surface area contributed by atoms with Crippen molar-refractivity contribution in [3.8, 4) is 11.6 Å². The van der Waals surface area contributed by atoms with Crippen LogP contribution in [0.3, 0.4) is 0 Å². The van der Waals surface area contributed by atoms with Crippen LogP contribution in [0.2, 0.25) is 0 Å². The summed E-state index contributed by atoms with van der Waals surface area (Å²) in [5.74, 6) is 0.787. The minimum Gasteiger partial charge on any atom is -0.484 e. The smallest absolute Gasteiger partial charge is 0.257 e. The van der Waals surface area contributed by atoms with E-state index in [2.05, 4.69) is 17.2 Å². The third-order valence-electron chi connectivity index (χ3n) is 4.66. The Morgan fingerprint density at radius 3 is 2.79 bits per heavy atom. The van der Waals surface area contributed by atoms with E-state index in [9.17, 15) is 8.42 Å². The first kappa shape index (κ1) is 15.9. The molecule has 1 atom stereocenters. The largest absolute Gasteiger partial charge is 0.484 e. The second-order valence-electron chi connectivity index (χ2n) is 6.40. The first-order valence-electron chi connectivity index (χ1n) is 8.28. The summed E-state index contributed by atoms with van der Waals surface area (Å²) >= 11 is 0. The molecule has 3 aliphatic heterocycles. The topological polar surface area (TPSA) is 80.8 Å². The van der Waals surface area contributed by atoms with E-state index in [1.54, 1.807) is 0 Å². The fourth-order valence-electron chi connectivity index (χ4n) is 3.34. The molecule has 0 spiro atoms. The Hall–Kier alpha value is -1.64. The summed E-state index contributed by atoms with van der Waals surface area (Å²) in [5, 5.41) is 3.25. The fourth-order valence-corrected chi connectivity index (χ4v) is 4.73. The number of fused-ring (bicyclic) bond motifs is 1. The molecule has 0 saturated heterocycles. The average molecular weight is 351 g/mol. The van der Waals surface area contributed by atoms with Gasteiger partial charge in [-0.25, -0.2) is 13.4 Å². The first-order valence-corrected chi connectivity index (χ1v) is 9.72. The zero-order valence-corrected chi connectivity index (χ0v) is 14.4. The van der Waals surface area contributed by atoms with Gasteiger partial charge in [-0.3, -0.25) is 0 Å². The number of nitrogens with one attached hydrogen (secondary N) is 1. The van der Waals surface area contributed by atoms with Crippen molar-refractivity contribution in [1.82, 2.24) is 14.6 Å². The van der Waals surface area contributed by atoms with Crippen molar-refractivity contribution in [2.24, 2.45) is 0 Å². The lowest BCUT2D eigenvalue weighted by atomic mass is 10.2. The summed E-state index contributed by atoms with van der Waals surface area (Å²) in [6.07, 6.45) is 3.24. The molecule has 0 aliphatic carbocycles. The standard InChI is InChI=1S/C16H21N3O4S/c1-2-3-13-10-22-15-4-14(7-18-16(15)23-13)24(20,21)19-8-11-5-17-6-12(11)9-19/h4,7,13,17H,2-3,5-6,8-10H2,1H3. The normalized spacial score (nSPS) is 23.6. The lowest BCUT2D eigenvalue weighted by Crippen LogP contribution is -2.33. The van der Waals surface area contributed by atoms with E-state index in [0.717, 1.165) is 25.9 Å². The first-order chi connectivity index (χ1) is 11.6. The molecule has 4 heterocycles. The number of ether oxygens (including phenoxy) is 2. The number of rotatable bonds is 4. The average Bonchev–Trinajstić information content (AvgIpc) is 3.16. The molecule has 1 aromatic rings. The Balaban J connectivity index is 1.55. The van der Waals surface area contributed by atoms with Gasteiger partial charge in [0.05, 0.1) is 6.20 Å². The van der Waals surface area contributed by atoms with Gasteiger partial charge in [-0.15, -0.1) is 0 Å². The zero-order chi connectivity index (χ0) is 16.7.